The summed E-state index contributed by atoms with van der Waals surface area (Å²) in [6.45, 7) is 0. The molecule has 2 aromatic heterocycles. The minimum atomic E-state index is 0.899. The Hall–Kier alpha value is -10.8. The summed E-state index contributed by atoms with van der Waals surface area (Å²) < 4.78 is 12.7. The van der Waals surface area contributed by atoms with E-state index >= 15 is 0 Å². The monoisotopic (exact) mass is 1040 g/mol. The van der Waals surface area contributed by atoms with E-state index in [1.165, 1.54) is 98.4 Å². The van der Waals surface area contributed by atoms with Crippen molar-refractivity contribution in [3.63, 3.8) is 0 Å². The highest BCUT2D eigenvalue weighted by molar-refractivity contribution is 6.25. The smallest absolute Gasteiger partial charge is 0.136 e. The van der Waals surface area contributed by atoms with Gasteiger partial charge in [-0.1, -0.05) is 243 Å². The molecule has 0 unspecified atom stereocenters. The first kappa shape index (κ1) is 46.1. The van der Waals surface area contributed by atoms with Crippen LogP contribution in [0.25, 0.3) is 176 Å². The summed E-state index contributed by atoms with van der Waals surface area (Å²) in [5.74, 6) is 0. The maximum absolute atomic E-state index is 6.34. The lowest BCUT2D eigenvalue weighted by molar-refractivity contribution is 0.668. The van der Waals surface area contributed by atoms with Crippen molar-refractivity contribution in [2.75, 3.05) is 0 Å². The topological polar surface area (TPSA) is 26.3 Å². The van der Waals surface area contributed by atoms with E-state index in [4.69, 9.17) is 8.83 Å². The Labute approximate surface area is 473 Å². The van der Waals surface area contributed by atoms with E-state index in [0.29, 0.717) is 0 Å². The maximum atomic E-state index is 6.34. The van der Waals surface area contributed by atoms with E-state index in [9.17, 15) is 0 Å². The van der Waals surface area contributed by atoms with Gasteiger partial charge in [0.15, 0.2) is 0 Å². The highest BCUT2D eigenvalue weighted by Gasteiger charge is 2.22. The average molecular weight is 1040 g/mol. The van der Waals surface area contributed by atoms with Gasteiger partial charge in [-0.05, 0) is 180 Å². The molecule has 0 spiro atoms. The van der Waals surface area contributed by atoms with E-state index in [-0.39, 0.29) is 0 Å². The van der Waals surface area contributed by atoms with Crippen LogP contribution >= 0.6 is 0 Å². The van der Waals surface area contributed by atoms with Crippen molar-refractivity contribution < 1.29 is 8.83 Å². The molecule has 380 valence electrons. The van der Waals surface area contributed by atoms with Crippen LogP contribution in [0.5, 0.6) is 0 Å². The molecule has 0 saturated carbocycles. The summed E-state index contributed by atoms with van der Waals surface area (Å²) in [5.41, 5.74) is 20.2. The number of hydrogen-bond acceptors (Lipinski definition) is 2. The van der Waals surface area contributed by atoms with Gasteiger partial charge in [-0.25, -0.2) is 0 Å². The van der Waals surface area contributed by atoms with Crippen molar-refractivity contribution in [3.8, 4) is 77.9 Å². The molecule has 15 aromatic carbocycles. The molecular weight excluding hydrogens is 993 g/mol. The molecule has 0 bridgehead atoms. The average Bonchev–Trinajstić information content (AvgIpc) is 2.08. The minimum Gasteiger partial charge on any atom is -0.456 e. The second-order valence-electron chi connectivity index (χ2n) is 21.8. The Morgan fingerprint density at radius 2 is 0.476 bits per heavy atom. The van der Waals surface area contributed by atoms with Crippen molar-refractivity contribution in [1.82, 2.24) is 0 Å². The number of furan rings is 2. The van der Waals surface area contributed by atoms with Gasteiger partial charge in [0.1, 0.15) is 22.3 Å². The van der Waals surface area contributed by atoms with Gasteiger partial charge < -0.3 is 8.83 Å². The first-order valence-electron chi connectivity index (χ1n) is 28.2. The molecule has 2 heterocycles. The van der Waals surface area contributed by atoms with Crippen LogP contribution in [-0.4, -0.2) is 0 Å². The zero-order valence-electron chi connectivity index (χ0n) is 44.5. The maximum Gasteiger partial charge on any atom is 0.136 e. The molecule has 0 aliphatic rings. The van der Waals surface area contributed by atoms with Gasteiger partial charge in [-0.3, -0.25) is 0 Å². The second-order valence-corrected chi connectivity index (χ2v) is 21.8. The molecule has 0 radical (unpaired) electrons. The summed E-state index contributed by atoms with van der Waals surface area (Å²) in [6.07, 6.45) is 0. The predicted octanol–water partition coefficient (Wildman–Crippen LogP) is 22.9. The fourth-order valence-electron chi connectivity index (χ4n) is 13.5. The van der Waals surface area contributed by atoms with Crippen molar-refractivity contribution in [3.05, 3.63) is 291 Å². The Morgan fingerprint density at radius 3 is 0.988 bits per heavy atom. The van der Waals surface area contributed by atoms with Gasteiger partial charge in [0, 0.05) is 21.5 Å². The molecule has 0 atom stereocenters. The molecule has 82 heavy (non-hydrogen) atoms. The molecule has 2 nitrogen and oxygen atoms in total. The standard InChI is InChI=1S/C80H48O2/c1-2-16-52(17-3-1)79-66-23-7-6-22-65(66)77(53-33-29-49(30-34-53)57-37-41-62-60-20-10-12-27-73(60)81-75(62)47-57)69-43-39-55(45-71(69)79)56-40-44-70-72(46-56)80(64-26-14-18-51-15-4-5-19-59(51)64)68-25-9-8-24-67(68)78(70)54-35-31-50(32-36-54)58-38-42-63-61-21-11-13-28-74(61)82-76(63)48-58/h1-48H. The van der Waals surface area contributed by atoms with Crippen LogP contribution in [0.4, 0.5) is 0 Å². The molecule has 2 heteroatoms. The van der Waals surface area contributed by atoms with Gasteiger partial charge in [-0.2, -0.15) is 0 Å². The Kier molecular flexibility index (Phi) is 10.3. The van der Waals surface area contributed by atoms with Crippen molar-refractivity contribution in [2.24, 2.45) is 0 Å². The highest BCUT2D eigenvalue weighted by Crippen LogP contribution is 2.49. The fraction of sp³-hybridized carbons (Fsp3) is 0. The van der Waals surface area contributed by atoms with Crippen LogP contribution in [0.2, 0.25) is 0 Å². The molecule has 17 aromatic rings. The van der Waals surface area contributed by atoms with Crippen LogP contribution in [0.1, 0.15) is 0 Å². The van der Waals surface area contributed by atoms with E-state index in [1.807, 2.05) is 24.3 Å². The SMILES string of the molecule is c1ccc(-c2c3ccccc3c(-c3ccc(-c4ccc5c(c4)oc4ccccc45)cc3)c3ccc(-c4ccc5c(-c6ccc(-c7ccc8c(c7)oc7ccccc78)cc6)c6ccccc6c(-c6cccc7ccccc67)c5c4)cc23)cc1. The molecular formula is C80H48O2. The van der Waals surface area contributed by atoms with Crippen LogP contribution in [0, 0.1) is 0 Å². The van der Waals surface area contributed by atoms with Gasteiger partial charge in [-0.15, -0.1) is 0 Å². The number of para-hydroxylation sites is 2. The largest absolute Gasteiger partial charge is 0.456 e. The Morgan fingerprint density at radius 1 is 0.159 bits per heavy atom. The lowest BCUT2D eigenvalue weighted by Gasteiger charge is -2.21. The fourth-order valence-corrected chi connectivity index (χ4v) is 13.5. The zero-order valence-corrected chi connectivity index (χ0v) is 44.5. The van der Waals surface area contributed by atoms with Crippen molar-refractivity contribution in [2.45, 2.75) is 0 Å². The van der Waals surface area contributed by atoms with E-state index in [2.05, 4.69) is 267 Å². The van der Waals surface area contributed by atoms with Gasteiger partial charge >= 0.3 is 0 Å². The number of benzene rings is 15. The minimum absolute atomic E-state index is 0.899. The van der Waals surface area contributed by atoms with E-state index in [1.54, 1.807) is 0 Å². The normalized spacial score (nSPS) is 11.9. The van der Waals surface area contributed by atoms with Crippen LogP contribution in [0.3, 0.4) is 0 Å². The third-order valence-corrected chi connectivity index (χ3v) is 17.3. The predicted molar refractivity (Wildman–Crippen MR) is 347 cm³/mol. The quantitative estimate of drug-likeness (QED) is 0.149. The summed E-state index contributed by atoms with van der Waals surface area (Å²) >= 11 is 0. The molecule has 0 fully saturated rings. The van der Waals surface area contributed by atoms with Crippen LogP contribution in [0.15, 0.2) is 300 Å². The summed E-state index contributed by atoms with van der Waals surface area (Å²) in [4.78, 5) is 0. The van der Waals surface area contributed by atoms with Crippen LogP contribution < -0.4 is 0 Å². The molecule has 0 N–H and O–H groups in total. The molecule has 0 amide bonds. The van der Waals surface area contributed by atoms with Gasteiger partial charge in [0.05, 0.1) is 0 Å². The van der Waals surface area contributed by atoms with Crippen molar-refractivity contribution >= 4 is 97.7 Å². The number of hydrogen-bond donors (Lipinski definition) is 0. The summed E-state index contributed by atoms with van der Waals surface area (Å²) in [5, 5.41) is 16.7. The third kappa shape index (κ3) is 7.28. The Bertz CT molecular complexity index is 5420. The number of rotatable bonds is 7. The summed E-state index contributed by atoms with van der Waals surface area (Å²) in [7, 11) is 0. The van der Waals surface area contributed by atoms with Crippen molar-refractivity contribution in [1.29, 1.82) is 0 Å². The number of fused-ring (bicyclic) bond motifs is 11. The molecule has 17 rings (SSSR count). The second kappa shape index (κ2) is 18.4. The third-order valence-electron chi connectivity index (χ3n) is 17.3. The molecule has 0 saturated heterocycles. The lowest BCUT2D eigenvalue weighted by Crippen LogP contribution is -1.93. The van der Waals surface area contributed by atoms with Gasteiger partial charge in [0.2, 0.25) is 0 Å². The highest BCUT2D eigenvalue weighted by atomic mass is 16.3. The Balaban J connectivity index is 0.851. The summed E-state index contributed by atoms with van der Waals surface area (Å²) in [6, 6.07) is 107. The van der Waals surface area contributed by atoms with Gasteiger partial charge in [0.25, 0.3) is 0 Å². The lowest BCUT2D eigenvalue weighted by atomic mass is 9.82. The molecule has 0 aliphatic carbocycles. The molecule has 0 aliphatic heterocycles. The first-order valence-corrected chi connectivity index (χ1v) is 28.2. The first-order chi connectivity index (χ1) is 40.6. The van der Waals surface area contributed by atoms with E-state index in [0.717, 1.165) is 77.3 Å². The van der Waals surface area contributed by atoms with E-state index < -0.39 is 0 Å². The van der Waals surface area contributed by atoms with Crippen LogP contribution in [-0.2, 0) is 0 Å². The zero-order chi connectivity index (χ0) is 53.8.